The van der Waals surface area contributed by atoms with E-state index < -0.39 is 0 Å². The van der Waals surface area contributed by atoms with Crippen molar-refractivity contribution < 1.29 is 9.90 Å². The van der Waals surface area contributed by atoms with Gasteiger partial charge in [-0.3, -0.25) is 9.69 Å². The van der Waals surface area contributed by atoms with Crippen LogP contribution < -0.4 is 0 Å². The second-order valence-corrected chi connectivity index (χ2v) is 5.85. The number of hydrogen-bond acceptors (Lipinski definition) is 3. The van der Waals surface area contributed by atoms with Gasteiger partial charge in [0.15, 0.2) is 0 Å². The average Bonchev–Trinajstić information content (AvgIpc) is 2.49. The highest BCUT2D eigenvalue weighted by molar-refractivity contribution is 5.78. The molecular weight excluding hydrogens is 264 g/mol. The van der Waals surface area contributed by atoms with Crippen molar-refractivity contribution in [3.63, 3.8) is 0 Å². The maximum absolute atomic E-state index is 12.5. The molecular formula is C17H26N2O2. The van der Waals surface area contributed by atoms with E-state index in [-0.39, 0.29) is 12.5 Å². The minimum atomic E-state index is 0.0790. The summed E-state index contributed by atoms with van der Waals surface area (Å²) in [5.41, 5.74) is 1.17. The van der Waals surface area contributed by atoms with Gasteiger partial charge >= 0.3 is 0 Å². The van der Waals surface area contributed by atoms with Crippen molar-refractivity contribution in [2.45, 2.75) is 38.8 Å². The lowest BCUT2D eigenvalue weighted by molar-refractivity contribution is -0.135. The number of carbonyl (C=O) groups excluding carboxylic acids is 1. The minimum Gasteiger partial charge on any atom is -0.395 e. The third-order valence-electron chi connectivity index (χ3n) is 4.15. The van der Waals surface area contributed by atoms with E-state index in [1.165, 1.54) is 12.0 Å². The number of carbonyl (C=O) groups is 1. The first-order valence-electron chi connectivity index (χ1n) is 7.87. The summed E-state index contributed by atoms with van der Waals surface area (Å²) in [5.74, 6) is 0.187. The molecule has 1 unspecified atom stereocenters. The summed E-state index contributed by atoms with van der Waals surface area (Å²) in [6.45, 7) is 4.70. The van der Waals surface area contributed by atoms with Crippen LogP contribution in [0.5, 0.6) is 0 Å². The lowest BCUT2D eigenvalue weighted by Crippen LogP contribution is -2.47. The van der Waals surface area contributed by atoms with Gasteiger partial charge in [0.25, 0.3) is 0 Å². The summed E-state index contributed by atoms with van der Waals surface area (Å²) in [4.78, 5) is 16.5. The van der Waals surface area contributed by atoms with Gasteiger partial charge in [-0.15, -0.1) is 0 Å². The first-order valence-corrected chi connectivity index (χ1v) is 7.87. The van der Waals surface area contributed by atoms with Crippen LogP contribution in [0.3, 0.4) is 0 Å². The molecule has 21 heavy (non-hydrogen) atoms. The molecule has 1 aromatic carbocycles. The van der Waals surface area contributed by atoms with Crippen molar-refractivity contribution >= 4 is 5.91 Å². The maximum atomic E-state index is 12.5. The molecule has 1 aliphatic heterocycles. The van der Waals surface area contributed by atoms with E-state index in [0.29, 0.717) is 25.7 Å². The van der Waals surface area contributed by atoms with Crippen LogP contribution in [-0.4, -0.2) is 53.1 Å². The second kappa shape index (κ2) is 8.15. The number of nitrogens with zero attached hydrogens (tertiary/aromatic N) is 2. The summed E-state index contributed by atoms with van der Waals surface area (Å²) >= 11 is 0. The standard InChI is InChI=1S/C17H26N2O2/c1-15-7-5-6-10-19(15)17(21)14-18(11-12-20)13-16-8-3-2-4-9-16/h2-4,8-9,15,20H,5-7,10-14H2,1H3. The molecule has 0 saturated carbocycles. The van der Waals surface area contributed by atoms with Gasteiger partial charge in [0, 0.05) is 25.7 Å². The molecule has 1 amide bonds. The first kappa shape index (κ1) is 16.0. The molecule has 1 saturated heterocycles. The third kappa shape index (κ3) is 4.83. The second-order valence-electron chi connectivity index (χ2n) is 5.85. The Labute approximate surface area is 127 Å². The molecule has 1 N–H and O–H groups in total. The highest BCUT2D eigenvalue weighted by atomic mass is 16.3. The zero-order chi connectivity index (χ0) is 15.1. The van der Waals surface area contributed by atoms with E-state index in [1.807, 2.05) is 28.0 Å². The van der Waals surface area contributed by atoms with Gasteiger partial charge in [-0.1, -0.05) is 30.3 Å². The van der Waals surface area contributed by atoms with Gasteiger partial charge in [-0.2, -0.15) is 0 Å². The minimum absolute atomic E-state index is 0.0790. The number of benzene rings is 1. The van der Waals surface area contributed by atoms with Crippen LogP contribution in [-0.2, 0) is 11.3 Å². The molecule has 2 rings (SSSR count). The number of piperidine rings is 1. The molecule has 4 nitrogen and oxygen atoms in total. The van der Waals surface area contributed by atoms with Crippen LogP contribution in [0, 0.1) is 0 Å². The highest BCUT2D eigenvalue weighted by Gasteiger charge is 2.24. The molecule has 4 heteroatoms. The van der Waals surface area contributed by atoms with Gasteiger partial charge in [0.2, 0.25) is 5.91 Å². The van der Waals surface area contributed by atoms with E-state index in [9.17, 15) is 9.90 Å². The van der Waals surface area contributed by atoms with Crippen molar-refractivity contribution in [2.24, 2.45) is 0 Å². The first-order chi connectivity index (χ1) is 10.2. The fourth-order valence-electron chi connectivity index (χ4n) is 2.95. The normalized spacial score (nSPS) is 19.0. The van der Waals surface area contributed by atoms with Crippen molar-refractivity contribution in [1.29, 1.82) is 0 Å². The fraction of sp³-hybridized carbons (Fsp3) is 0.588. The van der Waals surface area contributed by atoms with Crippen LogP contribution in [0.2, 0.25) is 0 Å². The quantitative estimate of drug-likeness (QED) is 0.870. The Bertz CT molecular complexity index is 436. The molecule has 1 aliphatic rings. The number of likely N-dealkylation sites (tertiary alicyclic amines) is 1. The van der Waals surface area contributed by atoms with E-state index in [2.05, 4.69) is 19.1 Å². The van der Waals surface area contributed by atoms with Crippen LogP contribution in [0.1, 0.15) is 31.7 Å². The SMILES string of the molecule is CC1CCCCN1C(=O)CN(CCO)Cc1ccccc1. The summed E-state index contributed by atoms with van der Waals surface area (Å²) in [6.07, 6.45) is 3.43. The Kier molecular flexibility index (Phi) is 6.21. The molecule has 0 radical (unpaired) electrons. The van der Waals surface area contributed by atoms with E-state index in [4.69, 9.17) is 0 Å². The summed E-state index contributed by atoms with van der Waals surface area (Å²) < 4.78 is 0. The lowest BCUT2D eigenvalue weighted by atomic mass is 10.0. The smallest absolute Gasteiger partial charge is 0.236 e. The molecule has 1 fully saturated rings. The molecule has 1 atom stereocenters. The van der Waals surface area contributed by atoms with Crippen LogP contribution in [0.4, 0.5) is 0 Å². The lowest BCUT2D eigenvalue weighted by Gasteiger charge is -2.35. The Morgan fingerprint density at radius 1 is 1.33 bits per heavy atom. The molecule has 1 heterocycles. The van der Waals surface area contributed by atoms with E-state index in [1.54, 1.807) is 0 Å². The van der Waals surface area contributed by atoms with E-state index >= 15 is 0 Å². The summed E-state index contributed by atoms with van der Waals surface area (Å²) in [5, 5.41) is 9.22. The maximum Gasteiger partial charge on any atom is 0.236 e. The Balaban J connectivity index is 1.93. The van der Waals surface area contributed by atoms with Gasteiger partial charge in [0.05, 0.1) is 13.2 Å². The van der Waals surface area contributed by atoms with Crippen molar-refractivity contribution in [1.82, 2.24) is 9.80 Å². The van der Waals surface area contributed by atoms with Crippen LogP contribution in [0.25, 0.3) is 0 Å². The number of aliphatic hydroxyl groups is 1. The van der Waals surface area contributed by atoms with Crippen LogP contribution in [0.15, 0.2) is 30.3 Å². The zero-order valence-electron chi connectivity index (χ0n) is 12.9. The summed E-state index contributed by atoms with van der Waals surface area (Å²) in [7, 11) is 0. The predicted octanol–water partition coefficient (Wildman–Crippen LogP) is 1.88. The average molecular weight is 290 g/mol. The van der Waals surface area contributed by atoms with Gasteiger partial charge in [-0.05, 0) is 31.7 Å². The molecule has 1 aromatic rings. The molecule has 116 valence electrons. The number of amides is 1. The Hall–Kier alpha value is -1.39. The predicted molar refractivity (Wildman–Crippen MR) is 83.8 cm³/mol. The zero-order valence-corrected chi connectivity index (χ0v) is 12.9. The number of hydrogen-bond donors (Lipinski definition) is 1. The fourth-order valence-corrected chi connectivity index (χ4v) is 2.95. The molecule has 0 aliphatic carbocycles. The topological polar surface area (TPSA) is 43.8 Å². The molecule has 0 aromatic heterocycles. The number of rotatable bonds is 6. The van der Waals surface area contributed by atoms with Gasteiger partial charge in [0.1, 0.15) is 0 Å². The summed E-state index contributed by atoms with van der Waals surface area (Å²) in [6, 6.07) is 10.4. The van der Waals surface area contributed by atoms with Gasteiger partial charge in [-0.25, -0.2) is 0 Å². The Morgan fingerprint density at radius 3 is 2.76 bits per heavy atom. The third-order valence-corrected chi connectivity index (χ3v) is 4.15. The Morgan fingerprint density at radius 2 is 2.10 bits per heavy atom. The molecule has 0 spiro atoms. The van der Waals surface area contributed by atoms with Crippen LogP contribution >= 0.6 is 0 Å². The van der Waals surface area contributed by atoms with E-state index in [0.717, 1.165) is 19.4 Å². The van der Waals surface area contributed by atoms with Crippen molar-refractivity contribution in [2.75, 3.05) is 26.2 Å². The highest BCUT2D eigenvalue weighted by Crippen LogP contribution is 2.17. The molecule has 0 bridgehead atoms. The van der Waals surface area contributed by atoms with Crippen molar-refractivity contribution in [3.05, 3.63) is 35.9 Å². The largest absolute Gasteiger partial charge is 0.395 e. The number of aliphatic hydroxyl groups excluding tert-OH is 1. The monoisotopic (exact) mass is 290 g/mol. The van der Waals surface area contributed by atoms with Gasteiger partial charge < -0.3 is 10.0 Å². The van der Waals surface area contributed by atoms with Crippen molar-refractivity contribution in [3.8, 4) is 0 Å².